The molecular formula is C14H17ClFNO. The number of alkyl halides is 1. The van der Waals surface area contributed by atoms with Gasteiger partial charge in [-0.3, -0.25) is 4.79 Å². The van der Waals surface area contributed by atoms with Crippen molar-refractivity contribution in [1.82, 2.24) is 0 Å². The maximum absolute atomic E-state index is 13.3. The molecular weight excluding hydrogens is 253 g/mol. The van der Waals surface area contributed by atoms with Crippen molar-refractivity contribution in [3.63, 3.8) is 0 Å². The number of aryl methyl sites for hydroxylation is 1. The first-order valence-corrected chi connectivity index (χ1v) is 6.90. The van der Waals surface area contributed by atoms with Gasteiger partial charge in [-0.15, -0.1) is 11.6 Å². The van der Waals surface area contributed by atoms with Gasteiger partial charge in [0.2, 0.25) is 5.91 Å². The van der Waals surface area contributed by atoms with E-state index >= 15 is 0 Å². The fourth-order valence-electron chi connectivity index (χ4n) is 2.30. The third kappa shape index (κ3) is 3.02. The molecule has 0 unspecified atom stereocenters. The second-order valence-corrected chi connectivity index (χ2v) is 4.95. The Hall–Kier alpha value is -1.09. The minimum Gasteiger partial charge on any atom is -0.312 e. The van der Waals surface area contributed by atoms with E-state index in [2.05, 4.69) is 0 Å². The van der Waals surface area contributed by atoms with Crippen molar-refractivity contribution in [2.45, 2.75) is 32.1 Å². The van der Waals surface area contributed by atoms with Gasteiger partial charge in [0.25, 0.3) is 0 Å². The Kier molecular flexibility index (Phi) is 4.59. The Morgan fingerprint density at radius 2 is 2.06 bits per heavy atom. The van der Waals surface area contributed by atoms with Crippen molar-refractivity contribution >= 4 is 23.2 Å². The van der Waals surface area contributed by atoms with E-state index in [0.717, 1.165) is 30.5 Å². The average molecular weight is 270 g/mol. The molecule has 0 aliphatic carbocycles. The van der Waals surface area contributed by atoms with Crippen molar-refractivity contribution < 1.29 is 9.18 Å². The first-order valence-electron chi connectivity index (χ1n) is 6.37. The van der Waals surface area contributed by atoms with Crippen LogP contribution in [0.2, 0.25) is 0 Å². The largest absolute Gasteiger partial charge is 0.312 e. The highest BCUT2D eigenvalue weighted by molar-refractivity contribution is 6.17. The molecule has 18 heavy (non-hydrogen) atoms. The molecule has 98 valence electrons. The highest BCUT2D eigenvalue weighted by Gasteiger charge is 2.23. The molecule has 0 aromatic heterocycles. The number of halogens is 2. The number of carbonyl (C=O) groups excluding carboxylic acids is 1. The lowest BCUT2D eigenvalue weighted by Crippen LogP contribution is -2.36. The van der Waals surface area contributed by atoms with E-state index in [9.17, 15) is 9.18 Å². The van der Waals surface area contributed by atoms with Crippen molar-refractivity contribution in [3.05, 3.63) is 29.6 Å². The van der Waals surface area contributed by atoms with Crippen molar-refractivity contribution in [3.8, 4) is 0 Å². The molecule has 1 aromatic carbocycles. The minimum atomic E-state index is -0.283. The van der Waals surface area contributed by atoms with Gasteiger partial charge in [0.05, 0.1) is 0 Å². The van der Waals surface area contributed by atoms with E-state index in [1.54, 1.807) is 11.0 Å². The third-order valence-corrected chi connectivity index (χ3v) is 3.53. The van der Waals surface area contributed by atoms with Crippen LogP contribution in [0.3, 0.4) is 0 Å². The Morgan fingerprint density at radius 1 is 1.22 bits per heavy atom. The van der Waals surface area contributed by atoms with E-state index in [1.807, 2.05) is 0 Å². The fraction of sp³-hybridized carbons (Fsp3) is 0.500. The number of unbranched alkanes of at least 4 members (excludes halogenated alkanes) is 2. The van der Waals surface area contributed by atoms with Gasteiger partial charge in [-0.25, -0.2) is 4.39 Å². The van der Waals surface area contributed by atoms with Crippen LogP contribution in [0.25, 0.3) is 0 Å². The summed E-state index contributed by atoms with van der Waals surface area (Å²) in [5.41, 5.74) is 1.81. The molecule has 0 N–H and O–H groups in total. The zero-order chi connectivity index (χ0) is 13.0. The molecule has 1 heterocycles. The smallest absolute Gasteiger partial charge is 0.227 e. The number of fused-ring (bicyclic) bond motifs is 1. The number of amides is 1. The molecule has 1 aliphatic rings. The summed E-state index contributed by atoms with van der Waals surface area (Å²) in [4.78, 5) is 13.6. The van der Waals surface area contributed by atoms with Crippen LogP contribution in [0.5, 0.6) is 0 Å². The van der Waals surface area contributed by atoms with Crippen LogP contribution in [0.1, 0.15) is 31.2 Å². The van der Waals surface area contributed by atoms with Crippen LogP contribution < -0.4 is 4.90 Å². The first kappa shape index (κ1) is 13.3. The highest BCUT2D eigenvalue weighted by Crippen LogP contribution is 2.28. The summed E-state index contributed by atoms with van der Waals surface area (Å²) in [6.45, 7) is 0.659. The molecule has 0 spiro atoms. The summed E-state index contributed by atoms with van der Waals surface area (Å²) in [6, 6.07) is 4.71. The van der Waals surface area contributed by atoms with Crippen molar-refractivity contribution in [1.29, 1.82) is 0 Å². The fourth-order valence-corrected chi connectivity index (χ4v) is 2.49. The third-order valence-electron chi connectivity index (χ3n) is 3.26. The molecule has 1 aromatic rings. The maximum atomic E-state index is 13.3. The summed E-state index contributed by atoms with van der Waals surface area (Å²) in [7, 11) is 0. The van der Waals surface area contributed by atoms with Gasteiger partial charge in [0.1, 0.15) is 5.82 Å². The van der Waals surface area contributed by atoms with Crippen LogP contribution in [-0.4, -0.2) is 18.3 Å². The molecule has 0 bridgehead atoms. The lowest BCUT2D eigenvalue weighted by molar-refractivity contribution is -0.118. The number of benzene rings is 1. The molecule has 0 atom stereocenters. The van der Waals surface area contributed by atoms with Crippen molar-refractivity contribution in [2.75, 3.05) is 17.3 Å². The second-order valence-electron chi connectivity index (χ2n) is 4.57. The molecule has 2 nitrogen and oxygen atoms in total. The van der Waals surface area contributed by atoms with Crippen LogP contribution >= 0.6 is 11.6 Å². The molecule has 0 fully saturated rings. The average Bonchev–Trinajstić information content (AvgIpc) is 2.36. The lowest BCUT2D eigenvalue weighted by atomic mass is 10.0. The Bertz CT molecular complexity index is 436. The van der Waals surface area contributed by atoms with Crippen LogP contribution in [0, 0.1) is 5.82 Å². The Labute approximate surface area is 112 Å². The molecule has 0 radical (unpaired) electrons. The standard InChI is InChI=1S/C14H17ClFNO/c15-8-2-1-3-9-17-13-10-12(16)6-4-11(13)5-7-14(17)18/h4,6,10H,1-3,5,7-9H2. The van der Waals surface area contributed by atoms with Gasteiger partial charge in [-0.05, 0) is 37.0 Å². The van der Waals surface area contributed by atoms with Gasteiger partial charge in [0.15, 0.2) is 0 Å². The van der Waals surface area contributed by atoms with E-state index < -0.39 is 0 Å². The number of anilines is 1. The molecule has 1 amide bonds. The van der Waals surface area contributed by atoms with Gasteiger partial charge in [-0.2, -0.15) is 0 Å². The van der Waals surface area contributed by atoms with E-state index in [-0.39, 0.29) is 11.7 Å². The van der Waals surface area contributed by atoms with Crippen LogP contribution in [0.4, 0.5) is 10.1 Å². The summed E-state index contributed by atoms with van der Waals surface area (Å²) in [6.07, 6.45) is 4.10. The second kappa shape index (κ2) is 6.19. The summed E-state index contributed by atoms with van der Waals surface area (Å²) >= 11 is 5.62. The zero-order valence-electron chi connectivity index (χ0n) is 10.3. The van der Waals surface area contributed by atoms with E-state index in [4.69, 9.17) is 11.6 Å². The summed E-state index contributed by atoms with van der Waals surface area (Å²) in [5.74, 6) is 0.465. The summed E-state index contributed by atoms with van der Waals surface area (Å²) < 4.78 is 13.3. The molecule has 1 aliphatic heterocycles. The number of hydrogen-bond donors (Lipinski definition) is 0. The minimum absolute atomic E-state index is 0.0963. The predicted molar refractivity (Wildman–Crippen MR) is 71.6 cm³/mol. The van der Waals surface area contributed by atoms with Gasteiger partial charge < -0.3 is 4.90 Å². The topological polar surface area (TPSA) is 20.3 Å². The number of hydrogen-bond acceptors (Lipinski definition) is 1. The number of rotatable bonds is 5. The Morgan fingerprint density at radius 3 is 2.83 bits per heavy atom. The first-order chi connectivity index (χ1) is 8.72. The normalized spacial score (nSPS) is 14.8. The number of nitrogens with zero attached hydrogens (tertiary/aromatic N) is 1. The lowest BCUT2D eigenvalue weighted by Gasteiger charge is -2.29. The van der Waals surface area contributed by atoms with E-state index in [1.165, 1.54) is 12.1 Å². The van der Waals surface area contributed by atoms with Gasteiger partial charge in [0, 0.05) is 24.5 Å². The molecule has 2 rings (SSSR count). The maximum Gasteiger partial charge on any atom is 0.227 e. The molecule has 4 heteroatoms. The Balaban J connectivity index is 2.09. The zero-order valence-corrected chi connectivity index (χ0v) is 11.0. The van der Waals surface area contributed by atoms with Crippen LogP contribution in [0.15, 0.2) is 18.2 Å². The summed E-state index contributed by atoms with van der Waals surface area (Å²) in [5, 5.41) is 0. The van der Waals surface area contributed by atoms with Crippen LogP contribution in [-0.2, 0) is 11.2 Å². The quantitative estimate of drug-likeness (QED) is 0.592. The predicted octanol–water partition coefficient (Wildman–Crippen LogP) is 3.51. The van der Waals surface area contributed by atoms with Gasteiger partial charge in [-0.1, -0.05) is 12.5 Å². The monoisotopic (exact) mass is 269 g/mol. The molecule has 0 saturated heterocycles. The van der Waals surface area contributed by atoms with Gasteiger partial charge >= 0.3 is 0 Å². The van der Waals surface area contributed by atoms with Crippen molar-refractivity contribution in [2.24, 2.45) is 0 Å². The van der Waals surface area contributed by atoms with E-state index in [0.29, 0.717) is 25.3 Å². The SMILES string of the molecule is O=C1CCc2ccc(F)cc2N1CCCCCCl. The number of carbonyl (C=O) groups is 1. The molecule has 0 saturated carbocycles. The highest BCUT2D eigenvalue weighted by atomic mass is 35.5.